The van der Waals surface area contributed by atoms with Crippen molar-refractivity contribution < 1.29 is 9.47 Å². The van der Waals surface area contributed by atoms with Crippen LogP contribution in [0.5, 0.6) is 5.75 Å². The summed E-state index contributed by atoms with van der Waals surface area (Å²) in [7, 11) is 5.16. The van der Waals surface area contributed by atoms with Crippen LogP contribution < -0.4 is 4.74 Å². The molecule has 0 aromatic heterocycles. The second-order valence-electron chi connectivity index (χ2n) is 9.78. The van der Waals surface area contributed by atoms with E-state index in [1.54, 1.807) is 0 Å². The molecular formula is C24H38NO2P. The maximum atomic E-state index is 6.63. The molecule has 4 heteroatoms. The van der Waals surface area contributed by atoms with Gasteiger partial charge in [-0.05, 0) is 87.8 Å². The van der Waals surface area contributed by atoms with Crippen LogP contribution in [0.3, 0.4) is 0 Å². The van der Waals surface area contributed by atoms with Crippen LogP contribution in [0.25, 0.3) is 0 Å². The Hall–Kier alpha value is -0.630. The van der Waals surface area contributed by atoms with Gasteiger partial charge in [-0.3, -0.25) is 4.90 Å². The molecule has 3 aliphatic rings. The van der Waals surface area contributed by atoms with Gasteiger partial charge in [-0.2, -0.15) is 0 Å². The second-order valence-corrected chi connectivity index (χ2v) is 10.9. The van der Waals surface area contributed by atoms with Crippen LogP contribution in [0, 0.1) is 29.6 Å². The van der Waals surface area contributed by atoms with Crippen LogP contribution in [-0.2, 0) is 4.74 Å². The number of nitrogens with zero attached hydrogens (tertiary/aromatic N) is 1. The molecule has 1 aromatic carbocycles. The van der Waals surface area contributed by atoms with Crippen molar-refractivity contribution in [2.75, 3.05) is 20.8 Å². The van der Waals surface area contributed by atoms with E-state index in [2.05, 4.69) is 63.8 Å². The second kappa shape index (κ2) is 8.62. The Bertz CT molecular complexity index is 647. The number of ether oxygens (including phenoxy) is 2. The Morgan fingerprint density at radius 3 is 2.36 bits per heavy atom. The molecule has 4 rings (SSSR count). The van der Waals surface area contributed by atoms with Crippen LogP contribution in [0.2, 0.25) is 0 Å². The van der Waals surface area contributed by atoms with E-state index in [4.69, 9.17) is 9.47 Å². The van der Waals surface area contributed by atoms with E-state index < -0.39 is 0 Å². The molecule has 3 aliphatic carbocycles. The highest BCUT2D eigenvalue weighted by molar-refractivity contribution is 7.37. The Morgan fingerprint density at radius 1 is 1.00 bits per heavy atom. The monoisotopic (exact) mass is 403 g/mol. The average Bonchev–Trinajstić information content (AvgIpc) is 3.36. The fourth-order valence-electron chi connectivity index (χ4n) is 6.24. The molecule has 8 unspecified atom stereocenters. The summed E-state index contributed by atoms with van der Waals surface area (Å²) >= 11 is 0. The van der Waals surface area contributed by atoms with Crippen molar-refractivity contribution in [3.8, 4) is 5.75 Å². The van der Waals surface area contributed by atoms with Crippen LogP contribution in [-0.4, -0.2) is 38.1 Å². The van der Waals surface area contributed by atoms with Gasteiger partial charge in [0.25, 0.3) is 0 Å². The third kappa shape index (κ3) is 4.00. The largest absolute Gasteiger partial charge is 0.465 e. The van der Waals surface area contributed by atoms with Crippen molar-refractivity contribution in [3.05, 3.63) is 29.8 Å². The minimum Gasteiger partial charge on any atom is -0.465 e. The first-order valence-corrected chi connectivity index (χ1v) is 12.8. The van der Waals surface area contributed by atoms with Crippen molar-refractivity contribution in [2.45, 2.75) is 64.1 Å². The molecule has 1 aromatic rings. The van der Waals surface area contributed by atoms with E-state index in [1.165, 1.54) is 37.7 Å². The lowest BCUT2D eigenvalue weighted by atomic mass is 9.80. The molecule has 156 valence electrons. The lowest BCUT2D eigenvalue weighted by Gasteiger charge is -2.35. The summed E-state index contributed by atoms with van der Waals surface area (Å²) in [5.41, 5.74) is 1.36. The molecule has 3 nitrogen and oxygen atoms in total. The number of hydrogen-bond donors (Lipinski definition) is 0. The standard InChI is InChI=1S/C24H38NO2P/c1-15(2)24(26-18-11-9-16(10-12-18)23(28-5)25(3)4)27-22-14-17-13-21(22)20-8-6-7-19(17)20/h9-12,15,17,19-24,28H,6-8,13-14H2,1-5H3. The summed E-state index contributed by atoms with van der Waals surface area (Å²) in [6.45, 7) is 6.69. The summed E-state index contributed by atoms with van der Waals surface area (Å²) in [5, 5.41) is 0. The maximum Gasteiger partial charge on any atom is 0.202 e. The molecule has 0 spiro atoms. The minimum atomic E-state index is -0.146. The number of rotatable bonds is 8. The third-order valence-electron chi connectivity index (χ3n) is 7.46. The van der Waals surface area contributed by atoms with Crippen molar-refractivity contribution in [1.29, 1.82) is 0 Å². The van der Waals surface area contributed by atoms with Gasteiger partial charge in [-0.1, -0.05) is 32.4 Å². The molecule has 8 atom stereocenters. The van der Waals surface area contributed by atoms with Gasteiger partial charge in [0.2, 0.25) is 6.29 Å². The van der Waals surface area contributed by atoms with Crippen molar-refractivity contribution in [2.24, 2.45) is 29.6 Å². The van der Waals surface area contributed by atoms with E-state index >= 15 is 0 Å². The van der Waals surface area contributed by atoms with Crippen LogP contribution in [0.4, 0.5) is 0 Å². The van der Waals surface area contributed by atoms with E-state index in [0.29, 0.717) is 17.8 Å². The van der Waals surface area contributed by atoms with Gasteiger partial charge in [-0.25, -0.2) is 0 Å². The minimum absolute atomic E-state index is 0.146. The Balaban J connectivity index is 1.39. The van der Waals surface area contributed by atoms with Crippen molar-refractivity contribution in [1.82, 2.24) is 4.90 Å². The summed E-state index contributed by atoms with van der Waals surface area (Å²) in [6.07, 6.45) is 7.29. The van der Waals surface area contributed by atoms with E-state index in [9.17, 15) is 0 Å². The zero-order valence-electron chi connectivity index (χ0n) is 18.2. The van der Waals surface area contributed by atoms with Gasteiger partial charge < -0.3 is 9.47 Å². The van der Waals surface area contributed by atoms with E-state index in [-0.39, 0.29) is 6.29 Å². The van der Waals surface area contributed by atoms with Crippen LogP contribution in [0.1, 0.15) is 57.3 Å². The highest BCUT2D eigenvalue weighted by Gasteiger charge is 2.54. The zero-order chi connectivity index (χ0) is 19.8. The number of hydrogen-bond acceptors (Lipinski definition) is 3. The summed E-state index contributed by atoms with van der Waals surface area (Å²) < 4.78 is 13.0. The Morgan fingerprint density at radius 2 is 1.71 bits per heavy atom. The van der Waals surface area contributed by atoms with E-state index in [0.717, 1.165) is 38.0 Å². The molecule has 3 saturated carbocycles. The third-order valence-corrected chi connectivity index (χ3v) is 8.86. The predicted molar refractivity (Wildman–Crippen MR) is 118 cm³/mol. The van der Waals surface area contributed by atoms with Gasteiger partial charge in [0.05, 0.1) is 11.9 Å². The van der Waals surface area contributed by atoms with Gasteiger partial charge in [0, 0.05) is 5.92 Å². The molecule has 3 fully saturated rings. The molecule has 0 aliphatic heterocycles. The Kier molecular flexibility index (Phi) is 6.35. The maximum absolute atomic E-state index is 6.63. The molecule has 0 N–H and O–H groups in total. The highest BCUT2D eigenvalue weighted by Crippen LogP contribution is 2.59. The first kappa shape index (κ1) is 20.6. The predicted octanol–water partition coefficient (Wildman–Crippen LogP) is 5.76. The smallest absolute Gasteiger partial charge is 0.202 e. The summed E-state index contributed by atoms with van der Waals surface area (Å²) in [4.78, 5) is 2.29. The molecule has 0 saturated heterocycles. The highest BCUT2D eigenvalue weighted by atomic mass is 31.1. The number of benzene rings is 1. The molecule has 0 amide bonds. The average molecular weight is 404 g/mol. The normalized spacial score (nSPS) is 33.9. The lowest BCUT2D eigenvalue weighted by molar-refractivity contribution is -0.162. The molecular weight excluding hydrogens is 365 g/mol. The molecule has 0 radical (unpaired) electrons. The van der Waals surface area contributed by atoms with Crippen molar-refractivity contribution in [3.63, 3.8) is 0 Å². The fraction of sp³-hybridized carbons (Fsp3) is 0.750. The lowest BCUT2D eigenvalue weighted by Crippen LogP contribution is -2.37. The quantitative estimate of drug-likeness (QED) is 0.407. The van der Waals surface area contributed by atoms with E-state index in [1.807, 2.05) is 0 Å². The molecule has 0 heterocycles. The van der Waals surface area contributed by atoms with Crippen molar-refractivity contribution >= 4 is 8.58 Å². The van der Waals surface area contributed by atoms with Gasteiger partial charge >= 0.3 is 0 Å². The molecule has 28 heavy (non-hydrogen) atoms. The zero-order valence-corrected chi connectivity index (χ0v) is 19.2. The van der Waals surface area contributed by atoms with Gasteiger partial charge in [0.1, 0.15) is 5.75 Å². The topological polar surface area (TPSA) is 21.7 Å². The van der Waals surface area contributed by atoms with Crippen LogP contribution >= 0.6 is 8.58 Å². The van der Waals surface area contributed by atoms with Crippen LogP contribution in [0.15, 0.2) is 24.3 Å². The first-order valence-electron chi connectivity index (χ1n) is 11.2. The fourth-order valence-corrected chi connectivity index (χ4v) is 7.28. The SMILES string of the molecule is CPC(c1ccc(OC(OC2CC3CC2C2CCCC32)C(C)C)cc1)N(C)C. The first-order chi connectivity index (χ1) is 13.5. The van der Waals surface area contributed by atoms with Gasteiger partial charge in [0.15, 0.2) is 0 Å². The molecule has 2 bridgehead atoms. The summed E-state index contributed by atoms with van der Waals surface area (Å²) in [5.74, 6) is 5.43. The number of fused-ring (bicyclic) bond motifs is 5. The Labute approximate surface area is 173 Å². The summed E-state index contributed by atoms with van der Waals surface area (Å²) in [6, 6.07) is 8.68. The van der Waals surface area contributed by atoms with Gasteiger partial charge in [-0.15, -0.1) is 8.58 Å².